The van der Waals surface area contributed by atoms with E-state index >= 15 is 0 Å². The first-order valence-corrected chi connectivity index (χ1v) is 5.81. The highest BCUT2D eigenvalue weighted by Gasteiger charge is 2.38. The minimum absolute atomic E-state index is 0.212. The second kappa shape index (κ2) is 5.14. The predicted octanol–water partition coefficient (Wildman–Crippen LogP) is 0.539. The molecule has 1 heterocycles. The zero-order chi connectivity index (χ0) is 12.4. The van der Waals surface area contributed by atoms with Crippen molar-refractivity contribution < 1.29 is 20.1 Å². The van der Waals surface area contributed by atoms with E-state index in [1.807, 2.05) is 31.2 Å². The molecular weight excluding hydrogens is 220 g/mol. The van der Waals surface area contributed by atoms with Gasteiger partial charge in [0, 0.05) is 6.42 Å². The van der Waals surface area contributed by atoms with Crippen LogP contribution in [0.25, 0.3) is 0 Å². The summed E-state index contributed by atoms with van der Waals surface area (Å²) >= 11 is 0. The standard InChI is InChI=1S/C13H18O4/c1-8-3-2-4-9(5-8)12-6-10(15)13(17-12)11(16)7-14/h2-5,10-16H,6-7H2,1H3. The summed E-state index contributed by atoms with van der Waals surface area (Å²) in [7, 11) is 0. The first-order chi connectivity index (χ1) is 8.11. The fourth-order valence-corrected chi connectivity index (χ4v) is 2.23. The minimum Gasteiger partial charge on any atom is -0.394 e. The van der Waals surface area contributed by atoms with E-state index in [1.165, 1.54) is 0 Å². The number of hydrogen-bond donors (Lipinski definition) is 3. The van der Waals surface area contributed by atoms with Crippen LogP contribution in [0.3, 0.4) is 0 Å². The van der Waals surface area contributed by atoms with Gasteiger partial charge in [-0.25, -0.2) is 0 Å². The van der Waals surface area contributed by atoms with Gasteiger partial charge in [0.2, 0.25) is 0 Å². The van der Waals surface area contributed by atoms with Crippen molar-refractivity contribution in [2.24, 2.45) is 0 Å². The van der Waals surface area contributed by atoms with E-state index in [9.17, 15) is 10.2 Å². The summed E-state index contributed by atoms with van der Waals surface area (Å²) in [6.45, 7) is 1.59. The number of ether oxygens (including phenoxy) is 1. The zero-order valence-corrected chi connectivity index (χ0v) is 9.78. The van der Waals surface area contributed by atoms with Crippen molar-refractivity contribution in [1.29, 1.82) is 0 Å². The Morgan fingerprint density at radius 1 is 1.47 bits per heavy atom. The summed E-state index contributed by atoms with van der Waals surface area (Å²) in [4.78, 5) is 0. The lowest BCUT2D eigenvalue weighted by molar-refractivity contribution is -0.0820. The monoisotopic (exact) mass is 238 g/mol. The van der Waals surface area contributed by atoms with E-state index in [2.05, 4.69) is 0 Å². The number of benzene rings is 1. The van der Waals surface area contributed by atoms with Gasteiger partial charge in [-0.2, -0.15) is 0 Å². The normalized spacial score (nSPS) is 30.5. The molecule has 0 spiro atoms. The Hall–Kier alpha value is -0.940. The van der Waals surface area contributed by atoms with Gasteiger partial charge in [0.1, 0.15) is 12.2 Å². The summed E-state index contributed by atoms with van der Waals surface area (Å²) in [5.74, 6) is 0. The number of rotatable bonds is 3. The van der Waals surface area contributed by atoms with Crippen molar-refractivity contribution in [3.05, 3.63) is 35.4 Å². The number of aliphatic hydroxyl groups excluding tert-OH is 3. The van der Waals surface area contributed by atoms with E-state index in [1.54, 1.807) is 0 Å². The van der Waals surface area contributed by atoms with Gasteiger partial charge in [0.05, 0.1) is 18.8 Å². The zero-order valence-electron chi connectivity index (χ0n) is 9.78. The molecule has 2 rings (SSSR count). The molecule has 4 unspecified atom stereocenters. The Kier molecular flexibility index (Phi) is 3.79. The lowest BCUT2D eigenvalue weighted by Gasteiger charge is -2.19. The molecule has 4 atom stereocenters. The molecule has 0 aliphatic carbocycles. The molecule has 1 saturated heterocycles. The first kappa shape index (κ1) is 12.5. The van der Waals surface area contributed by atoms with Crippen LogP contribution in [-0.4, -0.2) is 40.2 Å². The molecule has 0 aromatic heterocycles. The maximum atomic E-state index is 9.80. The van der Waals surface area contributed by atoms with Gasteiger partial charge in [-0.3, -0.25) is 0 Å². The quantitative estimate of drug-likeness (QED) is 0.719. The van der Waals surface area contributed by atoms with Crippen LogP contribution >= 0.6 is 0 Å². The topological polar surface area (TPSA) is 69.9 Å². The van der Waals surface area contributed by atoms with Gasteiger partial charge in [-0.15, -0.1) is 0 Å². The third-order valence-electron chi connectivity index (χ3n) is 3.14. The molecular formula is C13H18O4. The largest absolute Gasteiger partial charge is 0.394 e. The molecule has 0 saturated carbocycles. The minimum atomic E-state index is -1.03. The van der Waals surface area contributed by atoms with Crippen LogP contribution in [-0.2, 0) is 4.74 Å². The summed E-state index contributed by atoms with van der Waals surface area (Å²) < 4.78 is 5.61. The number of aliphatic hydroxyl groups is 3. The molecule has 4 heteroatoms. The van der Waals surface area contributed by atoms with E-state index in [0.29, 0.717) is 6.42 Å². The molecule has 0 amide bonds. The summed E-state index contributed by atoms with van der Waals surface area (Å²) in [5, 5.41) is 28.2. The molecule has 4 nitrogen and oxygen atoms in total. The van der Waals surface area contributed by atoms with Crippen molar-refractivity contribution in [2.45, 2.75) is 37.8 Å². The molecule has 1 aliphatic heterocycles. The summed E-state index contributed by atoms with van der Waals surface area (Å²) in [6, 6.07) is 7.88. The van der Waals surface area contributed by atoms with E-state index in [0.717, 1.165) is 11.1 Å². The van der Waals surface area contributed by atoms with Crippen molar-refractivity contribution in [2.75, 3.05) is 6.61 Å². The average Bonchev–Trinajstić information content (AvgIpc) is 2.70. The molecule has 1 aliphatic rings. The van der Waals surface area contributed by atoms with Crippen LogP contribution in [0, 0.1) is 6.92 Å². The van der Waals surface area contributed by atoms with Crippen LogP contribution in [0.4, 0.5) is 0 Å². The van der Waals surface area contributed by atoms with Crippen molar-refractivity contribution in [3.8, 4) is 0 Å². The first-order valence-electron chi connectivity index (χ1n) is 5.81. The fraction of sp³-hybridized carbons (Fsp3) is 0.538. The van der Waals surface area contributed by atoms with Gasteiger partial charge in [0.15, 0.2) is 0 Å². The Labute approximate surface area is 100 Å². The van der Waals surface area contributed by atoms with Crippen molar-refractivity contribution in [1.82, 2.24) is 0 Å². The van der Waals surface area contributed by atoms with Gasteiger partial charge < -0.3 is 20.1 Å². The highest BCUT2D eigenvalue weighted by Crippen LogP contribution is 2.34. The van der Waals surface area contributed by atoms with Gasteiger partial charge in [-0.05, 0) is 12.5 Å². The van der Waals surface area contributed by atoms with Crippen LogP contribution in [0.1, 0.15) is 23.7 Å². The van der Waals surface area contributed by atoms with E-state index in [-0.39, 0.29) is 6.10 Å². The predicted molar refractivity (Wildman–Crippen MR) is 62.5 cm³/mol. The lowest BCUT2D eigenvalue weighted by Crippen LogP contribution is -2.36. The van der Waals surface area contributed by atoms with Crippen LogP contribution < -0.4 is 0 Å². The molecule has 1 aromatic carbocycles. The van der Waals surface area contributed by atoms with Crippen LogP contribution in [0.5, 0.6) is 0 Å². The van der Waals surface area contributed by atoms with E-state index < -0.39 is 24.9 Å². The van der Waals surface area contributed by atoms with Crippen molar-refractivity contribution >= 4 is 0 Å². The molecule has 94 valence electrons. The molecule has 3 N–H and O–H groups in total. The molecule has 0 radical (unpaired) electrons. The second-order valence-electron chi connectivity index (χ2n) is 4.56. The smallest absolute Gasteiger partial charge is 0.112 e. The van der Waals surface area contributed by atoms with Crippen molar-refractivity contribution in [3.63, 3.8) is 0 Å². The molecule has 1 aromatic rings. The maximum absolute atomic E-state index is 9.80. The Balaban J connectivity index is 2.11. The lowest BCUT2D eigenvalue weighted by atomic mass is 10.0. The molecule has 1 fully saturated rings. The Bertz CT molecular complexity index is 379. The second-order valence-corrected chi connectivity index (χ2v) is 4.56. The maximum Gasteiger partial charge on any atom is 0.112 e. The average molecular weight is 238 g/mol. The van der Waals surface area contributed by atoms with Gasteiger partial charge >= 0.3 is 0 Å². The number of hydrogen-bond acceptors (Lipinski definition) is 4. The van der Waals surface area contributed by atoms with Gasteiger partial charge in [-0.1, -0.05) is 29.8 Å². The Morgan fingerprint density at radius 3 is 2.88 bits per heavy atom. The third kappa shape index (κ3) is 2.66. The van der Waals surface area contributed by atoms with Gasteiger partial charge in [0.25, 0.3) is 0 Å². The third-order valence-corrected chi connectivity index (χ3v) is 3.14. The van der Waals surface area contributed by atoms with Crippen LogP contribution in [0.15, 0.2) is 24.3 Å². The number of aryl methyl sites for hydroxylation is 1. The molecule has 0 bridgehead atoms. The highest BCUT2D eigenvalue weighted by atomic mass is 16.5. The summed E-state index contributed by atoms with van der Waals surface area (Å²) in [5.41, 5.74) is 2.13. The fourth-order valence-electron chi connectivity index (χ4n) is 2.23. The SMILES string of the molecule is Cc1cccc(C2CC(O)C(C(O)CO)O2)c1. The summed E-state index contributed by atoms with van der Waals surface area (Å²) in [6.07, 6.45) is -2.23. The van der Waals surface area contributed by atoms with Crippen LogP contribution in [0.2, 0.25) is 0 Å². The van der Waals surface area contributed by atoms with E-state index in [4.69, 9.17) is 9.84 Å². The Morgan fingerprint density at radius 2 is 2.24 bits per heavy atom. The highest BCUT2D eigenvalue weighted by molar-refractivity contribution is 5.25. The molecule has 17 heavy (non-hydrogen) atoms.